The number of nitrogens with one attached hydrogen (secondary N) is 2. The van der Waals surface area contributed by atoms with Crippen LogP contribution in [0.3, 0.4) is 0 Å². The SMILES string of the molecule is Cc1ccc(CC(=O)Nc2ccc3c(c2)NC(=O)C(C)S3)cc1. The normalized spacial score (nSPS) is 16.4. The molecule has 0 aliphatic carbocycles. The first kappa shape index (κ1) is 15.6. The molecule has 118 valence electrons. The minimum absolute atomic E-state index is 0.00867. The number of amides is 2. The molecule has 0 saturated carbocycles. The van der Waals surface area contributed by atoms with Crippen LogP contribution in [0, 0.1) is 6.92 Å². The average Bonchev–Trinajstić information content (AvgIpc) is 2.51. The number of rotatable bonds is 3. The van der Waals surface area contributed by atoms with Crippen molar-refractivity contribution in [1.82, 2.24) is 0 Å². The van der Waals surface area contributed by atoms with Gasteiger partial charge in [0.1, 0.15) is 0 Å². The Hall–Kier alpha value is -2.27. The van der Waals surface area contributed by atoms with Crippen LogP contribution in [-0.4, -0.2) is 17.1 Å². The van der Waals surface area contributed by atoms with Gasteiger partial charge in [0, 0.05) is 10.6 Å². The van der Waals surface area contributed by atoms with Crippen LogP contribution in [0.25, 0.3) is 0 Å². The molecule has 1 aliphatic heterocycles. The Labute approximate surface area is 139 Å². The summed E-state index contributed by atoms with van der Waals surface area (Å²) in [5.74, 6) is -0.0809. The molecule has 4 nitrogen and oxygen atoms in total. The van der Waals surface area contributed by atoms with Crippen LogP contribution in [-0.2, 0) is 16.0 Å². The van der Waals surface area contributed by atoms with E-state index in [9.17, 15) is 9.59 Å². The van der Waals surface area contributed by atoms with E-state index >= 15 is 0 Å². The van der Waals surface area contributed by atoms with Crippen LogP contribution in [0.1, 0.15) is 18.1 Å². The Morgan fingerprint density at radius 3 is 2.70 bits per heavy atom. The molecule has 0 spiro atoms. The lowest BCUT2D eigenvalue weighted by atomic mass is 10.1. The van der Waals surface area contributed by atoms with Crippen molar-refractivity contribution in [2.24, 2.45) is 0 Å². The molecule has 0 saturated heterocycles. The lowest BCUT2D eigenvalue weighted by Gasteiger charge is -2.22. The number of carbonyl (C=O) groups excluding carboxylic acids is 2. The van der Waals surface area contributed by atoms with Gasteiger partial charge in [0.15, 0.2) is 0 Å². The maximum atomic E-state index is 12.1. The van der Waals surface area contributed by atoms with Crippen molar-refractivity contribution in [3.05, 3.63) is 53.6 Å². The molecule has 0 bridgehead atoms. The van der Waals surface area contributed by atoms with Gasteiger partial charge in [-0.3, -0.25) is 9.59 Å². The third-order valence-electron chi connectivity index (χ3n) is 3.68. The largest absolute Gasteiger partial charge is 0.326 e. The summed E-state index contributed by atoms with van der Waals surface area (Å²) in [7, 11) is 0. The van der Waals surface area contributed by atoms with E-state index in [2.05, 4.69) is 10.6 Å². The lowest BCUT2D eigenvalue weighted by Crippen LogP contribution is -2.26. The number of aryl methyl sites for hydroxylation is 1. The highest BCUT2D eigenvalue weighted by Crippen LogP contribution is 2.36. The van der Waals surface area contributed by atoms with Gasteiger partial charge < -0.3 is 10.6 Å². The van der Waals surface area contributed by atoms with Crippen molar-refractivity contribution in [2.75, 3.05) is 10.6 Å². The van der Waals surface area contributed by atoms with Crippen molar-refractivity contribution >= 4 is 35.0 Å². The summed E-state index contributed by atoms with van der Waals surface area (Å²) < 4.78 is 0. The monoisotopic (exact) mass is 326 g/mol. The fourth-order valence-electron chi connectivity index (χ4n) is 2.38. The van der Waals surface area contributed by atoms with E-state index in [0.29, 0.717) is 12.1 Å². The first-order chi connectivity index (χ1) is 11.0. The van der Waals surface area contributed by atoms with Crippen LogP contribution in [0.5, 0.6) is 0 Å². The second-order valence-electron chi connectivity index (χ2n) is 5.67. The van der Waals surface area contributed by atoms with Gasteiger partial charge in [-0.1, -0.05) is 29.8 Å². The molecule has 0 radical (unpaired) electrons. The molecule has 1 aliphatic rings. The van der Waals surface area contributed by atoms with Gasteiger partial charge >= 0.3 is 0 Å². The highest BCUT2D eigenvalue weighted by Gasteiger charge is 2.23. The van der Waals surface area contributed by atoms with E-state index in [-0.39, 0.29) is 17.1 Å². The van der Waals surface area contributed by atoms with Crippen LogP contribution in [0.15, 0.2) is 47.4 Å². The average molecular weight is 326 g/mol. The number of anilines is 2. The number of benzene rings is 2. The van der Waals surface area contributed by atoms with Crippen LogP contribution in [0.2, 0.25) is 0 Å². The van der Waals surface area contributed by atoms with Crippen molar-refractivity contribution in [2.45, 2.75) is 30.4 Å². The number of hydrogen-bond donors (Lipinski definition) is 2. The number of carbonyl (C=O) groups is 2. The predicted molar refractivity (Wildman–Crippen MR) is 93.9 cm³/mol. The molecule has 0 fully saturated rings. The first-order valence-corrected chi connectivity index (χ1v) is 8.36. The summed E-state index contributed by atoms with van der Waals surface area (Å²) >= 11 is 1.53. The maximum absolute atomic E-state index is 12.1. The molecular formula is C18H18N2O2S. The first-order valence-electron chi connectivity index (χ1n) is 7.48. The molecule has 2 aromatic carbocycles. The summed E-state index contributed by atoms with van der Waals surface area (Å²) in [6, 6.07) is 13.5. The van der Waals surface area contributed by atoms with E-state index in [0.717, 1.165) is 16.1 Å². The Morgan fingerprint density at radius 1 is 1.22 bits per heavy atom. The Morgan fingerprint density at radius 2 is 1.96 bits per heavy atom. The van der Waals surface area contributed by atoms with Crippen molar-refractivity contribution in [3.8, 4) is 0 Å². The van der Waals surface area contributed by atoms with Crippen molar-refractivity contribution in [1.29, 1.82) is 0 Å². The lowest BCUT2D eigenvalue weighted by molar-refractivity contribution is -0.116. The van der Waals surface area contributed by atoms with Crippen LogP contribution < -0.4 is 10.6 Å². The summed E-state index contributed by atoms with van der Waals surface area (Å²) in [5, 5.41) is 5.66. The van der Waals surface area contributed by atoms with Gasteiger partial charge in [0.05, 0.1) is 17.4 Å². The fraction of sp³-hybridized carbons (Fsp3) is 0.222. The minimum atomic E-state index is -0.0931. The highest BCUT2D eigenvalue weighted by molar-refractivity contribution is 8.00. The molecule has 23 heavy (non-hydrogen) atoms. The zero-order chi connectivity index (χ0) is 16.4. The van der Waals surface area contributed by atoms with Gasteiger partial charge in [0.25, 0.3) is 0 Å². The number of hydrogen-bond acceptors (Lipinski definition) is 3. The minimum Gasteiger partial charge on any atom is -0.326 e. The Bertz CT molecular complexity index is 756. The maximum Gasteiger partial charge on any atom is 0.237 e. The second kappa shape index (κ2) is 6.46. The number of fused-ring (bicyclic) bond motifs is 1. The molecule has 1 atom stereocenters. The van der Waals surface area contributed by atoms with Gasteiger partial charge in [0.2, 0.25) is 11.8 Å². The molecule has 2 amide bonds. The molecule has 2 aromatic rings. The van der Waals surface area contributed by atoms with Gasteiger partial charge in [-0.15, -0.1) is 11.8 Å². The fourth-order valence-corrected chi connectivity index (χ4v) is 3.31. The van der Waals surface area contributed by atoms with E-state index in [1.54, 1.807) is 6.07 Å². The molecule has 1 unspecified atom stereocenters. The summed E-state index contributed by atoms with van der Waals surface area (Å²) in [4.78, 5) is 24.9. The number of thioether (sulfide) groups is 1. The topological polar surface area (TPSA) is 58.2 Å². The van der Waals surface area contributed by atoms with Crippen LogP contribution >= 0.6 is 11.8 Å². The molecule has 2 N–H and O–H groups in total. The molecule has 3 rings (SSSR count). The van der Waals surface area contributed by atoms with E-state index in [1.807, 2.05) is 50.2 Å². The Kier molecular flexibility index (Phi) is 4.39. The second-order valence-corrected chi connectivity index (χ2v) is 7.05. The van der Waals surface area contributed by atoms with Gasteiger partial charge in [-0.2, -0.15) is 0 Å². The third kappa shape index (κ3) is 3.74. The molecule has 1 heterocycles. The summed E-state index contributed by atoms with van der Waals surface area (Å²) in [5.41, 5.74) is 3.60. The third-order valence-corrected chi connectivity index (χ3v) is 4.86. The van der Waals surface area contributed by atoms with Crippen LogP contribution in [0.4, 0.5) is 11.4 Å². The standard InChI is InChI=1S/C18H18N2O2S/c1-11-3-5-13(6-4-11)9-17(21)19-14-7-8-16-15(10-14)20-18(22)12(2)23-16/h3-8,10,12H,9H2,1-2H3,(H,19,21)(H,20,22). The van der Waals surface area contributed by atoms with E-state index in [4.69, 9.17) is 0 Å². The van der Waals surface area contributed by atoms with E-state index in [1.165, 1.54) is 17.3 Å². The molecular weight excluding hydrogens is 308 g/mol. The zero-order valence-electron chi connectivity index (χ0n) is 13.1. The smallest absolute Gasteiger partial charge is 0.237 e. The van der Waals surface area contributed by atoms with E-state index < -0.39 is 0 Å². The van der Waals surface area contributed by atoms with Crippen molar-refractivity contribution < 1.29 is 9.59 Å². The van der Waals surface area contributed by atoms with Crippen molar-refractivity contribution in [3.63, 3.8) is 0 Å². The summed E-state index contributed by atoms with van der Waals surface area (Å²) in [6.07, 6.45) is 0.329. The quantitative estimate of drug-likeness (QED) is 0.906. The molecule has 5 heteroatoms. The molecule has 0 aromatic heterocycles. The Balaban J connectivity index is 1.68. The zero-order valence-corrected chi connectivity index (χ0v) is 13.9. The van der Waals surface area contributed by atoms with Gasteiger partial charge in [-0.25, -0.2) is 0 Å². The predicted octanol–water partition coefficient (Wildman–Crippen LogP) is 3.61. The summed E-state index contributed by atoms with van der Waals surface area (Å²) in [6.45, 7) is 3.89. The highest BCUT2D eigenvalue weighted by atomic mass is 32.2. The van der Waals surface area contributed by atoms with Gasteiger partial charge in [-0.05, 0) is 37.6 Å².